The normalized spacial score (nSPS) is 10.7. The van der Waals surface area contributed by atoms with Gasteiger partial charge in [-0.1, -0.05) is 35.1 Å². The second-order valence-electron chi connectivity index (χ2n) is 4.21. The first-order chi connectivity index (χ1) is 8.15. The lowest BCUT2D eigenvalue weighted by Gasteiger charge is -2.08. The van der Waals surface area contributed by atoms with Gasteiger partial charge >= 0.3 is 4.87 Å². The van der Waals surface area contributed by atoms with Crippen molar-refractivity contribution in [1.82, 2.24) is 10.3 Å². The lowest BCUT2D eigenvalue weighted by Crippen LogP contribution is -2.14. The average molecular weight is 248 g/mol. The van der Waals surface area contributed by atoms with Gasteiger partial charge in [0, 0.05) is 24.2 Å². The van der Waals surface area contributed by atoms with E-state index >= 15 is 0 Å². The molecule has 0 unspecified atom stereocenters. The summed E-state index contributed by atoms with van der Waals surface area (Å²) in [5.74, 6) is 0. The van der Waals surface area contributed by atoms with Crippen molar-refractivity contribution in [1.29, 1.82) is 0 Å². The molecule has 2 aromatic rings. The van der Waals surface area contributed by atoms with Crippen molar-refractivity contribution in [2.45, 2.75) is 26.9 Å². The van der Waals surface area contributed by atoms with Gasteiger partial charge in [0.05, 0.1) is 0 Å². The zero-order chi connectivity index (χ0) is 12.3. The summed E-state index contributed by atoms with van der Waals surface area (Å²) in [4.78, 5) is 13.8. The van der Waals surface area contributed by atoms with E-state index in [4.69, 9.17) is 0 Å². The maximum atomic E-state index is 11.0. The summed E-state index contributed by atoms with van der Waals surface area (Å²) < 4.78 is 0. The van der Waals surface area contributed by atoms with Crippen LogP contribution < -0.4 is 10.2 Å². The first-order valence-electron chi connectivity index (χ1n) is 5.58. The Morgan fingerprint density at radius 1 is 1.29 bits per heavy atom. The van der Waals surface area contributed by atoms with Crippen LogP contribution in [0.25, 0.3) is 0 Å². The van der Waals surface area contributed by atoms with Crippen LogP contribution in [-0.4, -0.2) is 4.98 Å². The standard InChI is InChI=1S/C13H16N2OS/c1-9-3-4-10(2)11(5-9)6-14-7-12-8-17-13(16)15-12/h3-5,8,14H,6-7H2,1-2H3,(H,15,16). The molecule has 0 bridgehead atoms. The van der Waals surface area contributed by atoms with Crippen LogP contribution in [0, 0.1) is 13.8 Å². The molecule has 0 saturated carbocycles. The Balaban J connectivity index is 1.94. The van der Waals surface area contributed by atoms with Gasteiger partial charge < -0.3 is 10.3 Å². The molecule has 4 heteroatoms. The predicted molar refractivity (Wildman–Crippen MR) is 71.4 cm³/mol. The minimum Gasteiger partial charge on any atom is -0.315 e. The smallest absolute Gasteiger partial charge is 0.304 e. The summed E-state index contributed by atoms with van der Waals surface area (Å²) in [6.07, 6.45) is 0. The summed E-state index contributed by atoms with van der Waals surface area (Å²) >= 11 is 1.21. The van der Waals surface area contributed by atoms with Crippen molar-refractivity contribution in [3.63, 3.8) is 0 Å². The molecule has 90 valence electrons. The first kappa shape index (κ1) is 12.1. The van der Waals surface area contributed by atoms with Crippen LogP contribution in [0.5, 0.6) is 0 Å². The molecular weight excluding hydrogens is 232 g/mol. The number of aromatic amines is 1. The van der Waals surface area contributed by atoms with Crippen LogP contribution in [0.2, 0.25) is 0 Å². The van der Waals surface area contributed by atoms with E-state index < -0.39 is 0 Å². The molecule has 3 nitrogen and oxygen atoms in total. The van der Waals surface area contributed by atoms with Gasteiger partial charge in [-0.25, -0.2) is 0 Å². The molecule has 2 N–H and O–H groups in total. The Morgan fingerprint density at radius 2 is 2.12 bits per heavy atom. The third-order valence-corrected chi connectivity index (χ3v) is 3.42. The summed E-state index contributed by atoms with van der Waals surface area (Å²) in [5, 5.41) is 5.20. The number of aromatic nitrogens is 1. The second kappa shape index (κ2) is 5.29. The van der Waals surface area contributed by atoms with E-state index in [0.717, 1.165) is 12.2 Å². The molecule has 0 fully saturated rings. The molecule has 1 aromatic heterocycles. The van der Waals surface area contributed by atoms with E-state index in [-0.39, 0.29) is 4.87 Å². The zero-order valence-electron chi connectivity index (χ0n) is 10.0. The maximum Gasteiger partial charge on any atom is 0.304 e. The van der Waals surface area contributed by atoms with Crippen LogP contribution in [0.15, 0.2) is 28.4 Å². The Morgan fingerprint density at radius 3 is 2.82 bits per heavy atom. The fourth-order valence-corrected chi connectivity index (χ4v) is 2.30. The molecular formula is C13H16N2OS. The lowest BCUT2D eigenvalue weighted by molar-refractivity contribution is 0.679. The minimum atomic E-state index is 0.00790. The van der Waals surface area contributed by atoms with E-state index in [0.29, 0.717) is 6.54 Å². The van der Waals surface area contributed by atoms with Crippen molar-refractivity contribution in [2.75, 3.05) is 0 Å². The highest BCUT2D eigenvalue weighted by Gasteiger charge is 2.00. The van der Waals surface area contributed by atoms with Crippen LogP contribution in [0.1, 0.15) is 22.4 Å². The third kappa shape index (κ3) is 3.28. The maximum absolute atomic E-state index is 11.0. The SMILES string of the molecule is Cc1ccc(C)c(CNCc2csc(=O)[nH]2)c1. The van der Waals surface area contributed by atoms with Gasteiger partial charge in [-0.05, 0) is 25.0 Å². The molecule has 0 amide bonds. The molecule has 0 aliphatic heterocycles. The molecule has 0 aliphatic carbocycles. The third-order valence-electron chi connectivity index (χ3n) is 2.71. The lowest BCUT2D eigenvalue weighted by atomic mass is 10.1. The van der Waals surface area contributed by atoms with E-state index in [1.165, 1.54) is 28.0 Å². The fraction of sp³-hybridized carbons (Fsp3) is 0.308. The van der Waals surface area contributed by atoms with Crippen LogP contribution >= 0.6 is 11.3 Å². The van der Waals surface area contributed by atoms with E-state index in [1.807, 2.05) is 5.38 Å². The van der Waals surface area contributed by atoms with Gasteiger partial charge in [0.15, 0.2) is 0 Å². The Hall–Kier alpha value is -1.39. The van der Waals surface area contributed by atoms with Gasteiger partial charge in [-0.2, -0.15) is 0 Å². The van der Waals surface area contributed by atoms with Crippen molar-refractivity contribution < 1.29 is 0 Å². The summed E-state index contributed by atoms with van der Waals surface area (Å²) in [6, 6.07) is 6.45. The zero-order valence-corrected chi connectivity index (χ0v) is 10.9. The van der Waals surface area contributed by atoms with Crippen molar-refractivity contribution in [2.24, 2.45) is 0 Å². The number of hydrogen-bond donors (Lipinski definition) is 2. The first-order valence-corrected chi connectivity index (χ1v) is 6.46. The van der Waals surface area contributed by atoms with E-state index in [9.17, 15) is 4.79 Å². The highest BCUT2D eigenvalue weighted by atomic mass is 32.1. The molecule has 0 aliphatic rings. The molecule has 17 heavy (non-hydrogen) atoms. The monoisotopic (exact) mass is 248 g/mol. The van der Waals surface area contributed by atoms with Crippen LogP contribution in [-0.2, 0) is 13.1 Å². The highest BCUT2D eigenvalue weighted by molar-refractivity contribution is 7.07. The molecule has 2 rings (SSSR count). The number of hydrogen-bond acceptors (Lipinski definition) is 3. The largest absolute Gasteiger partial charge is 0.315 e. The number of thiazole rings is 1. The minimum absolute atomic E-state index is 0.00790. The van der Waals surface area contributed by atoms with Crippen LogP contribution in [0.3, 0.4) is 0 Å². The predicted octanol–water partition coefficient (Wildman–Crippen LogP) is 2.34. The number of rotatable bonds is 4. The highest BCUT2D eigenvalue weighted by Crippen LogP contribution is 2.10. The number of aryl methyl sites for hydroxylation is 2. The van der Waals surface area contributed by atoms with Gasteiger partial charge in [0.2, 0.25) is 0 Å². The molecule has 0 spiro atoms. The number of H-pyrrole nitrogens is 1. The number of benzene rings is 1. The van der Waals surface area contributed by atoms with Gasteiger partial charge in [0.1, 0.15) is 0 Å². The second-order valence-corrected chi connectivity index (χ2v) is 5.05. The van der Waals surface area contributed by atoms with E-state index in [1.54, 1.807) is 0 Å². The molecule has 1 heterocycles. The van der Waals surface area contributed by atoms with Crippen molar-refractivity contribution >= 4 is 11.3 Å². The topological polar surface area (TPSA) is 44.9 Å². The van der Waals surface area contributed by atoms with Gasteiger partial charge in [-0.3, -0.25) is 4.79 Å². The van der Waals surface area contributed by atoms with Gasteiger partial charge in [-0.15, -0.1) is 0 Å². The molecule has 0 radical (unpaired) electrons. The molecule has 1 aromatic carbocycles. The quantitative estimate of drug-likeness (QED) is 0.872. The van der Waals surface area contributed by atoms with Crippen molar-refractivity contribution in [3.05, 3.63) is 55.6 Å². The summed E-state index contributed by atoms with van der Waals surface area (Å²) in [7, 11) is 0. The van der Waals surface area contributed by atoms with Gasteiger partial charge in [0.25, 0.3) is 0 Å². The average Bonchev–Trinajstić information content (AvgIpc) is 2.69. The van der Waals surface area contributed by atoms with E-state index in [2.05, 4.69) is 42.3 Å². The van der Waals surface area contributed by atoms with Crippen LogP contribution in [0.4, 0.5) is 0 Å². The number of nitrogens with one attached hydrogen (secondary N) is 2. The Bertz CT molecular complexity index is 557. The summed E-state index contributed by atoms with van der Waals surface area (Å²) in [5.41, 5.74) is 4.83. The molecule has 0 atom stereocenters. The molecule has 0 saturated heterocycles. The van der Waals surface area contributed by atoms with Crippen molar-refractivity contribution in [3.8, 4) is 0 Å². The fourth-order valence-electron chi connectivity index (χ4n) is 1.72. The Labute approximate surface area is 105 Å². The summed E-state index contributed by atoms with van der Waals surface area (Å²) in [6.45, 7) is 5.74. The Kier molecular flexibility index (Phi) is 3.76.